The van der Waals surface area contributed by atoms with E-state index >= 15 is 0 Å². The van der Waals surface area contributed by atoms with Crippen molar-refractivity contribution in [1.29, 1.82) is 0 Å². The Morgan fingerprint density at radius 2 is 1.46 bits per heavy atom. The second-order valence-corrected chi connectivity index (χ2v) is 14.1. The third-order valence-corrected chi connectivity index (χ3v) is 9.71. The molecule has 6 heteroatoms. The highest BCUT2D eigenvalue weighted by Gasteiger charge is 2.26. The van der Waals surface area contributed by atoms with Crippen LogP contribution in [0.2, 0.25) is 0 Å². The van der Waals surface area contributed by atoms with Crippen LogP contribution in [-0.4, -0.2) is 80.6 Å². The monoisotopic (exact) mass is 635 g/mol. The van der Waals surface area contributed by atoms with Gasteiger partial charge in [-0.3, -0.25) is 0 Å². The molecule has 46 heavy (non-hydrogen) atoms. The number of nitrogens with zero attached hydrogens (tertiary/aromatic N) is 5. The number of anilines is 1. The molecule has 0 aliphatic carbocycles. The third-order valence-electron chi connectivity index (χ3n) is 8.75. The van der Waals surface area contributed by atoms with E-state index in [4.69, 9.17) is 4.98 Å². The Morgan fingerprint density at radius 3 is 2.17 bits per heavy atom. The summed E-state index contributed by atoms with van der Waals surface area (Å²) in [5, 5.41) is 1.09. The van der Waals surface area contributed by atoms with Gasteiger partial charge in [0.1, 0.15) is 10.8 Å². The lowest BCUT2D eigenvalue weighted by atomic mass is 9.97. The Balaban J connectivity index is 1.53. The van der Waals surface area contributed by atoms with Gasteiger partial charge in [0.25, 0.3) is 0 Å². The van der Waals surface area contributed by atoms with Crippen molar-refractivity contribution in [3.8, 4) is 0 Å². The minimum absolute atomic E-state index is 0.977. The molecule has 0 N–H and O–H groups in total. The number of aromatic nitrogens is 1. The fraction of sp³-hybridized carbons (Fsp3) is 0.425. The van der Waals surface area contributed by atoms with Gasteiger partial charge in [-0.15, -0.1) is 11.3 Å². The molecular weight excluding hydrogens is 583 g/mol. The van der Waals surface area contributed by atoms with Gasteiger partial charge in [0.2, 0.25) is 0 Å². The first kappa shape index (κ1) is 33.9. The number of benzene rings is 3. The minimum Gasteiger partial charge on any atom is -0.358 e. The van der Waals surface area contributed by atoms with Crippen LogP contribution >= 0.6 is 11.3 Å². The van der Waals surface area contributed by atoms with Crippen LogP contribution in [0.1, 0.15) is 60.7 Å². The van der Waals surface area contributed by atoms with E-state index < -0.39 is 0 Å². The van der Waals surface area contributed by atoms with Gasteiger partial charge in [-0.2, -0.15) is 0 Å². The molecule has 0 amide bonds. The van der Waals surface area contributed by atoms with Crippen LogP contribution in [0.4, 0.5) is 5.69 Å². The maximum atomic E-state index is 5.22. The molecular formula is C40H53N5S. The van der Waals surface area contributed by atoms with Crippen molar-refractivity contribution >= 4 is 38.9 Å². The van der Waals surface area contributed by atoms with E-state index in [-0.39, 0.29) is 0 Å². The molecule has 4 aromatic rings. The van der Waals surface area contributed by atoms with Gasteiger partial charge < -0.3 is 19.6 Å². The molecule has 0 saturated heterocycles. The Labute approximate surface area is 281 Å². The summed E-state index contributed by atoms with van der Waals surface area (Å²) < 4.78 is 1.28. The molecule has 1 aliphatic rings. The van der Waals surface area contributed by atoms with Gasteiger partial charge in [0.15, 0.2) is 0 Å². The Morgan fingerprint density at radius 1 is 0.739 bits per heavy atom. The normalized spacial score (nSPS) is 14.0. The molecule has 0 radical (unpaired) electrons. The molecule has 0 saturated carbocycles. The number of para-hydroxylation sites is 2. The minimum atomic E-state index is 0.977. The molecule has 0 bridgehead atoms. The number of aryl methyl sites for hydroxylation is 2. The fourth-order valence-electron chi connectivity index (χ4n) is 6.36. The maximum Gasteiger partial charge on any atom is 0.117 e. The van der Waals surface area contributed by atoms with Crippen molar-refractivity contribution in [2.24, 2.45) is 0 Å². The number of hydrogen-bond donors (Lipinski definition) is 0. The fourth-order valence-corrected chi connectivity index (χ4v) is 7.32. The van der Waals surface area contributed by atoms with Crippen molar-refractivity contribution in [1.82, 2.24) is 19.7 Å². The lowest BCUT2D eigenvalue weighted by Crippen LogP contribution is -2.40. The molecule has 2 heterocycles. The topological polar surface area (TPSA) is 25.9 Å². The first-order valence-corrected chi connectivity index (χ1v) is 18.0. The molecule has 5 nitrogen and oxygen atoms in total. The third kappa shape index (κ3) is 9.09. The van der Waals surface area contributed by atoms with Crippen LogP contribution in [-0.2, 0) is 12.8 Å². The molecule has 0 atom stereocenters. The number of unbranched alkanes of at least 4 members (excludes halogenated alkanes) is 1. The van der Waals surface area contributed by atoms with E-state index in [9.17, 15) is 0 Å². The van der Waals surface area contributed by atoms with Gasteiger partial charge in [-0.1, -0.05) is 74.0 Å². The van der Waals surface area contributed by atoms with E-state index in [1.54, 1.807) is 0 Å². The molecule has 0 fully saturated rings. The van der Waals surface area contributed by atoms with Gasteiger partial charge in [0, 0.05) is 25.2 Å². The smallest absolute Gasteiger partial charge is 0.117 e. The van der Waals surface area contributed by atoms with E-state index in [1.807, 2.05) is 11.3 Å². The van der Waals surface area contributed by atoms with Crippen LogP contribution < -0.4 is 4.90 Å². The highest BCUT2D eigenvalue weighted by Crippen LogP contribution is 2.39. The summed E-state index contributed by atoms with van der Waals surface area (Å²) in [5.74, 6) is 1.32. The zero-order chi connectivity index (χ0) is 32.3. The van der Waals surface area contributed by atoms with Crippen LogP contribution in [0.15, 0.2) is 84.7 Å². The first-order valence-electron chi connectivity index (χ1n) is 17.2. The lowest BCUT2D eigenvalue weighted by molar-refractivity contribution is 0.280. The summed E-state index contributed by atoms with van der Waals surface area (Å²) >= 11 is 1.81. The Bertz CT molecular complexity index is 1570. The quantitative estimate of drug-likeness (QED) is 0.116. The summed E-state index contributed by atoms with van der Waals surface area (Å²) in [6, 6.07) is 26.6. The highest BCUT2D eigenvalue weighted by molar-refractivity contribution is 7.19. The summed E-state index contributed by atoms with van der Waals surface area (Å²) in [5.41, 5.74) is 7.80. The van der Waals surface area contributed by atoms with E-state index in [1.165, 1.54) is 56.8 Å². The van der Waals surface area contributed by atoms with Crippen molar-refractivity contribution in [3.63, 3.8) is 0 Å². The zero-order valence-electron chi connectivity index (χ0n) is 28.7. The van der Waals surface area contributed by atoms with Gasteiger partial charge in [-0.05, 0) is 121 Å². The molecule has 1 aliphatic heterocycles. The molecule has 5 rings (SSSR count). The van der Waals surface area contributed by atoms with E-state index in [0.29, 0.717) is 0 Å². The first-order chi connectivity index (χ1) is 22.4. The standard InChI is InChI=1S/C40H53N5S/c1-6-7-20-33-21-13-24-37-40(33)41-38(46-37)30-34-31-39(44(27-15-25-42(2)3)28-16-26-43(4)5)45(36-23-12-11-22-35(34)36)29-14-19-32-17-9-8-10-18-32/h8-13,17-18,21-24,30-31H,6-7,14-16,19-20,25-29H2,1-5H3/b34-30+. The summed E-state index contributed by atoms with van der Waals surface area (Å²) in [7, 11) is 8.70. The molecule has 3 aromatic carbocycles. The predicted molar refractivity (Wildman–Crippen MR) is 201 cm³/mol. The molecule has 0 unspecified atom stereocenters. The number of hydrogen-bond acceptors (Lipinski definition) is 6. The van der Waals surface area contributed by atoms with Crippen LogP contribution in [0, 0.1) is 0 Å². The lowest BCUT2D eigenvalue weighted by Gasteiger charge is -2.40. The number of fused-ring (bicyclic) bond motifs is 2. The summed E-state index contributed by atoms with van der Waals surface area (Å²) in [6.07, 6.45) is 12.7. The average Bonchev–Trinajstić information content (AvgIpc) is 3.47. The van der Waals surface area contributed by atoms with Crippen LogP contribution in [0.5, 0.6) is 0 Å². The van der Waals surface area contributed by atoms with E-state index in [2.05, 4.69) is 140 Å². The largest absolute Gasteiger partial charge is 0.358 e. The number of allylic oxidation sites excluding steroid dienone is 2. The van der Waals surface area contributed by atoms with Crippen molar-refractivity contribution < 1.29 is 0 Å². The number of rotatable bonds is 17. The van der Waals surface area contributed by atoms with Gasteiger partial charge in [0.05, 0.1) is 15.9 Å². The van der Waals surface area contributed by atoms with Crippen molar-refractivity contribution in [3.05, 3.63) is 106 Å². The number of thiazole rings is 1. The average molecular weight is 636 g/mol. The molecule has 1 aromatic heterocycles. The molecule has 244 valence electrons. The Hall–Kier alpha value is -3.45. The van der Waals surface area contributed by atoms with Gasteiger partial charge >= 0.3 is 0 Å². The zero-order valence-corrected chi connectivity index (χ0v) is 29.5. The van der Waals surface area contributed by atoms with Crippen LogP contribution in [0.3, 0.4) is 0 Å². The SMILES string of the molecule is CCCCc1cccc2sc(/C=C3\C=C(N(CCCN(C)C)CCCN(C)C)N(CCCc4ccccc4)c4ccccc43)nc12. The maximum absolute atomic E-state index is 5.22. The second-order valence-electron chi connectivity index (χ2n) is 13.1. The highest BCUT2D eigenvalue weighted by atomic mass is 32.1. The summed E-state index contributed by atoms with van der Waals surface area (Å²) in [6.45, 7) is 7.46. The van der Waals surface area contributed by atoms with Crippen LogP contribution in [0.25, 0.3) is 21.9 Å². The van der Waals surface area contributed by atoms with Gasteiger partial charge in [-0.25, -0.2) is 4.98 Å². The second kappa shape index (κ2) is 16.9. The predicted octanol–water partition coefficient (Wildman–Crippen LogP) is 8.68. The molecule has 0 spiro atoms. The van der Waals surface area contributed by atoms with Crippen molar-refractivity contribution in [2.45, 2.75) is 51.9 Å². The Kier molecular flexibility index (Phi) is 12.5. The summed E-state index contributed by atoms with van der Waals surface area (Å²) in [4.78, 5) is 15.1. The van der Waals surface area contributed by atoms with E-state index in [0.717, 1.165) is 69.8 Å². The van der Waals surface area contributed by atoms with Crippen molar-refractivity contribution in [2.75, 3.05) is 65.8 Å².